The largest absolute Gasteiger partial charge is 0.383 e. The third-order valence-corrected chi connectivity index (χ3v) is 2.75. The van der Waals surface area contributed by atoms with Crippen LogP contribution in [0.1, 0.15) is 22.8 Å². The van der Waals surface area contributed by atoms with Crippen molar-refractivity contribution in [2.24, 2.45) is 0 Å². The zero-order valence-electron chi connectivity index (χ0n) is 11.2. The first-order valence-electron chi connectivity index (χ1n) is 5.82. The van der Waals surface area contributed by atoms with E-state index in [1.165, 1.54) is 13.0 Å². The number of hydrogen-bond donors (Lipinski definition) is 1. The van der Waals surface area contributed by atoms with E-state index in [0.29, 0.717) is 17.1 Å². The lowest BCUT2D eigenvalue weighted by atomic mass is 10.1. The molecular weight excluding hydrogens is 264 g/mol. The molecule has 1 N–H and O–H groups in total. The molecule has 1 amide bonds. The van der Waals surface area contributed by atoms with Crippen molar-refractivity contribution in [1.82, 2.24) is 10.2 Å². The molecule has 0 radical (unpaired) electrons. The molecular formula is C14H17ClN2O2. The smallest absolute Gasteiger partial charge is 0.217 e. The minimum absolute atomic E-state index is 0.102. The molecule has 1 aromatic rings. The predicted octanol–water partition coefficient (Wildman–Crippen LogP) is 2.23. The normalized spacial score (nSPS) is 10.5. The van der Waals surface area contributed by atoms with Crippen LogP contribution in [0, 0.1) is 0 Å². The van der Waals surface area contributed by atoms with Crippen molar-refractivity contribution in [3.63, 3.8) is 0 Å². The van der Waals surface area contributed by atoms with Gasteiger partial charge in [0.15, 0.2) is 5.78 Å². The lowest BCUT2D eigenvalue weighted by molar-refractivity contribution is -0.119. The Bertz CT molecular complexity index is 510. The Hall–Kier alpha value is -1.81. The summed E-state index contributed by atoms with van der Waals surface area (Å²) in [7, 11) is 3.68. The fraction of sp³-hybridized carbons (Fsp3) is 0.286. The second-order valence-corrected chi connectivity index (χ2v) is 4.77. The molecule has 4 nitrogen and oxygen atoms in total. The van der Waals surface area contributed by atoms with Crippen LogP contribution in [0.2, 0.25) is 5.02 Å². The number of hydrogen-bond acceptors (Lipinski definition) is 3. The highest BCUT2D eigenvalue weighted by Crippen LogP contribution is 2.18. The molecule has 0 spiro atoms. The number of nitrogens with zero attached hydrogens (tertiary/aromatic N) is 1. The van der Waals surface area contributed by atoms with Crippen LogP contribution < -0.4 is 5.32 Å². The number of nitrogens with one attached hydrogen (secondary N) is 1. The van der Waals surface area contributed by atoms with Gasteiger partial charge in [0.05, 0.1) is 0 Å². The van der Waals surface area contributed by atoms with E-state index in [9.17, 15) is 9.59 Å². The minimum Gasteiger partial charge on any atom is -0.383 e. The van der Waals surface area contributed by atoms with Gasteiger partial charge in [-0.15, -0.1) is 0 Å². The average molecular weight is 281 g/mol. The van der Waals surface area contributed by atoms with Crippen molar-refractivity contribution < 1.29 is 9.59 Å². The summed E-state index contributed by atoms with van der Waals surface area (Å²) >= 11 is 6.02. The van der Waals surface area contributed by atoms with Gasteiger partial charge in [0, 0.05) is 50.4 Å². The summed E-state index contributed by atoms with van der Waals surface area (Å²) in [6.45, 7) is 1.75. The number of amides is 1. The number of carbonyl (C=O) groups excluding carboxylic acids is 2. The third kappa shape index (κ3) is 5.14. The summed E-state index contributed by atoms with van der Waals surface area (Å²) < 4.78 is 0. The first kappa shape index (κ1) is 15.2. The molecule has 0 aliphatic carbocycles. The topological polar surface area (TPSA) is 49.4 Å². The third-order valence-electron chi connectivity index (χ3n) is 2.38. The van der Waals surface area contributed by atoms with E-state index in [0.717, 1.165) is 5.56 Å². The molecule has 5 heteroatoms. The monoisotopic (exact) mass is 280 g/mol. The van der Waals surface area contributed by atoms with Crippen LogP contribution in [0.5, 0.6) is 0 Å². The summed E-state index contributed by atoms with van der Waals surface area (Å²) in [5, 5.41) is 3.19. The second-order valence-electron chi connectivity index (χ2n) is 4.36. The molecule has 0 bridgehead atoms. The van der Waals surface area contributed by atoms with Crippen LogP contribution in [0.25, 0.3) is 0 Å². The highest BCUT2D eigenvalue weighted by atomic mass is 35.5. The van der Waals surface area contributed by atoms with Gasteiger partial charge in [0.1, 0.15) is 0 Å². The molecule has 1 rings (SSSR count). The van der Waals surface area contributed by atoms with Gasteiger partial charge in [0.2, 0.25) is 5.91 Å². The van der Waals surface area contributed by atoms with Gasteiger partial charge in [-0.1, -0.05) is 11.6 Å². The SMILES string of the molecule is CC(=O)NCc1cc(C(=O)/C=C/N(C)C)ccc1Cl. The van der Waals surface area contributed by atoms with Crippen LogP contribution in [0.4, 0.5) is 0 Å². The number of allylic oxidation sites excluding steroid dienone is 1. The van der Waals surface area contributed by atoms with E-state index >= 15 is 0 Å². The number of halogens is 1. The summed E-state index contributed by atoms with van der Waals surface area (Å²) in [4.78, 5) is 24.6. The number of benzene rings is 1. The fourth-order valence-electron chi connectivity index (χ4n) is 1.40. The average Bonchev–Trinajstić information content (AvgIpc) is 2.34. The lowest BCUT2D eigenvalue weighted by Gasteiger charge is -2.07. The van der Waals surface area contributed by atoms with Gasteiger partial charge in [0.25, 0.3) is 0 Å². The number of carbonyl (C=O) groups is 2. The highest BCUT2D eigenvalue weighted by Gasteiger charge is 2.07. The highest BCUT2D eigenvalue weighted by molar-refractivity contribution is 6.31. The van der Waals surface area contributed by atoms with E-state index in [-0.39, 0.29) is 11.7 Å². The maximum absolute atomic E-state index is 11.9. The molecule has 102 valence electrons. The Morgan fingerprint density at radius 3 is 2.63 bits per heavy atom. The molecule has 0 aromatic heterocycles. The van der Waals surface area contributed by atoms with Crippen molar-refractivity contribution in [2.45, 2.75) is 13.5 Å². The summed E-state index contributed by atoms with van der Waals surface area (Å²) in [6, 6.07) is 5.03. The van der Waals surface area contributed by atoms with Crippen molar-refractivity contribution in [2.75, 3.05) is 14.1 Å². The summed E-state index contributed by atoms with van der Waals surface area (Å²) in [5.41, 5.74) is 1.27. The number of rotatable bonds is 5. The molecule has 0 heterocycles. The maximum atomic E-state index is 11.9. The second kappa shape index (κ2) is 6.95. The van der Waals surface area contributed by atoms with Crippen molar-refractivity contribution in [3.05, 3.63) is 46.6 Å². The Balaban J connectivity index is 2.89. The van der Waals surface area contributed by atoms with Gasteiger partial charge < -0.3 is 10.2 Å². The Morgan fingerprint density at radius 2 is 2.05 bits per heavy atom. The van der Waals surface area contributed by atoms with Crippen LogP contribution in [0.15, 0.2) is 30.5 Å². The zero-order chi connectivity index (χ0) is 14.4. The zero-order valence-corrected chi connectivity index (χ0v) is 12.0. The standard InChI is InChI=1S/C14H17ClN2O2/c1-10(18)16-9-12-8-11(4-5-13(12)15)14(19)6-7-17(2)3/h4-8H,9H2,1-3H3,(H,16,18)/b7-6+. The van der Waals surface area contributed by atoms with Gasteiger partial charge in [-0.2, -0.15) is 0 Å². The minimum atomic E-state index is -0.139. The van der Waals surface area contributed by atoms with Crippen molar-refractivity contribution in [1.29, 1.82) is 0 Å². The van der Waals surface area contributed by atoms with Crippen molar-refractivity contribution in [3.8, 4) is 0 Å². The molecule has 0 fully saturated rings. The van der Waals surface area contributed by atoms with Crippen molar-refractivity contribution >= 4 is 23.3 Å². The van der Waals surface area contributed by atoms with E-state index in [1.54, 1.807) is 29.3 Å². The van der Waals surface area contributed by atoms with E-state index < -0.39 is 0 Å². The van der Waals surface area contributed by atoms with E-state index in [2.05, 4.69) is 5.32 Å². The van der Waals surface area contributed by atoms with Crippen LogP contribution >= 0.6 is 11.6 Å². The molecule has 0 aliphatic heterocycles. The summed E-state index contributed by atoms with van der Waals surface area (Å²) in [5.74, 6) is -0.241. The quantitative estimate of drug-likeness (QED) is 0.665. The van der Waals surface area contributed by atoms with Gasteiger partial charge in [-0.25, -0.2) is 0 Å². The fourth-order valence-corrected chi connectivity index (χ4v) is 1.58. The van der Waals surface area contributed by atoms with E-state index in [1.807, 2.05) is 14.1 Å². The van der Waals surface area contributed by atoms with E-state index in [4.69, 9.17) is 11.6 Å². The Kier molecular flexibility index (Phi) is 5.57. The maximum Gasteiger partial charge on any atom is 0.217 e. The molecule has 0 unspecified atom stereocenters. The van der Waals surface area contributed by atoms with Gasteiger partial charge >= 0.3 is 0 Å². The Labute approximate surface area is 118 Å². The summed E-state index contributed by atoms with van der Waals surface area (Å²) in [6.07, 6.45) is 3.18. The number of ketones is 1. The van der Waals surface area contributed by atoms with Crippen LogP contribution in [-0.4, -0.2) is 30.7 Å². The van der Waals surface area contributed by atoms with Gasteiger partial charge in [-0.05, 0) is 23.8 Å². The lowest BCUT2D eigenvalue weighted by Crippen LogP contribution is -2.19. The molecule has 0 aliphatic rings. The molecule has 0 saturated carbocycles. The van der Waals surface area contributed by atoms with Crippen LogP contribution in [0.3, 0.4) is 0 Å². The first-order valence-corrected chi connectivity index (χ1v) is 6.19. The van der Waals surface area contributed by atoms with Gasteiger partial charge in [-0.3, -0.25) is 9.59 Å². The predicted molar refractivity (Wildman–Crippen MR) is 76.1 cm³/mol. The molecule has 19 heavy (non-hydrogen) atoms. The van der Waals surface area contributed by atoms with Crippen LogP contribution in [-0.2, 0) is 11.3 Å². The molecule has 0 atom stereocenters. The Morgan fingerprint density at radius 1 is 1.37 bits per heavy atom. The molecule has 1 aromatic carbocycles. The molecule has 0 saturated heterocycles. The first-order chi connectivity index (χ1) is 8.90.